The number of anilines is 1. The molecule has 2 N–H and O–H groups in total. The van der Waals surface area contributed by atoms with Crippen molar-refractivity contribution in [2.24, 2.45) is 0 Å². The Kier molecular flexibility index (Phi) is 2.51. The third-order valence-electron chi connectivity index (χ3n) is 1.85. The molecule has 1 rings (SSSR count). The van der Waals surface area contributed by atoms with Crippen molar-refractivity contribution in [2.45, 2.75) is 26.3 Å². The Bertz CT molecular complexity index is 349. The van der Waals surface area contributed by atoms with Gasteiger partial charge in [0.1, 0.15) is 11.4 Å². The number of nitrogens with two attached hydrogens (primary N) is 1. The summed E-state index contributed by atoms with van der Waals surface area (Å²) in [5, 5.41) is 4.05. The maximum atomic E-state index is 11.2. The van der Waals surface area contributed by atoms with Gasteiger partial charge in [-0.05, 0) is 20.8 Å². The van der Waals surface area contributed by atoms with E-state index in [0.29, 0.717) is 11.4 Å². The zero-order valence-electron chi connectivity index (χ0n) is 8.87. The smallest absolute Gasteiger partial charge is 0.343 e. The molecule has 0 saturated heterocycles. The Balaban J connectivity index is 3.15. The molecule has 0 aliphatic heterocycles. The second-order valence-electron chi connectivity index (χ2n) is 4.02. The highest BCUT2D eigenvalue weighted by Crippen LogP contribution is 2.21. The monoisotopic (exact) mass is 197 g/mol. The molecule has 1 heterocycles. The van der Waals surface area contributed by atoms with E-state index in [-0.39, 0.29) is 5.54 Å². The zero-order valence-corrected chi connectivity index (χ0v) is 8.87. The van der Waals surface area contributed by atoms with Crippen molar-refractivity contribution in [2.75, 3.05) is 12.8 Å². The van der Waals surface area contributed by atoms with Gasteiger partial charge in [0.05, 0.1) is 18.8 Å². The number of aromatic nitrogens is 2. The van der Waals surface area contributed by atoms with E-state index in [1.54, 1.807) is 4.68 Å². The second kappa shape index (κ2) is 3.32. The van der Waals surface area contributed by atoms with Crippen LogP contribution in [0.1, 0.15) is 31.1 Å². The van der Waals surface area contributed by atoms with E-state index in [1.165, 1.54) is 13.3 Å². The number of rotatable bonds is 1. The number of hydrogen-bond donors (Lipinski definition) is 1. The summed E-state index contributed by atoms with van der Waals surface area (Å²) in [4.78, 5) is 11.2. The number of methoxy groups -OCH3 is 1. The van der Waals surface area contributed by atoms with E-state index in [0.717, 1.165) is 0 Å². The number of esters is 1. The molecule has 0 aromatic carbocycles. The lowest BCUT2D eigenvalue weighted by Crippen LogP contribution is -2.25. The molecule has 5 nitrogen and oxygen atoms in total. The standard InChI is InChI=1S/C9H15N3O2/c1-9(2,3)12-7(10)6(5-11-12)8(13)14-4/h5H,10H2,1-4H3. The Labute approximate surface area is 82.8 Å². The summed E-state index contributed by atoms with van der Waals surface area (Å²) in [6.45, 7) is 5.87. The molecule has 14 heavy (non-hydrogen) atoms. The number of nitrogens with zero attached hydrogens (tertiary/aromatic N) is 2. The fourth-order valence-corrected chi connectivity index (χ4v) is 1.16. The fraction of sp³-hybridized carbons (Fsp3) is 0.556. The third-order valence-corrected chi connectivity index (χ3v) is 1.85. The summed E-state index contributed by atoms with van der Waals surface area (Å²) < 4.78 is 6.17. The van der Waals surface area contributed by atoms with Gasteiger partial charge in [-0.1, -0.05) is 0 Å². The normalized spacial score (nSPS) is 11.4. The molecule has 0 bridgehead atoms. The van der Waals surface area contributed by atoms with Gasteiger partial charge >= 0.3 is 5.97 Å². The van der Waals surface area contributed by atoms with Crippen LogP contribution >= 0.6 is 0 Å². The number of ether oxygens (including phenoxy) is 1. The summed E-state index contributed by atoms with van der Waals surface area (Å²) in [6, 6.07) is 0. The van der Waals surface area contributed by atoms with Crippen molar-refractivity contribution < 1.29 is 9.53 Å². The first kappa shape index (κ1) is 10.6. The van der Waals surface area contributed by atoms with E-state index >= 15 is 0 Å². The molecule has 0 atom stereocenters. The average Bonchev–Trinajstić information content (AvgIpc) is 2.45. The van der Waals surface area contributed by atoms with Crippen LogP contribution in [0.4, 0.5) is 5.82 Å². The Morgan fingerprint density at radius 2 is 2.14 bits per heavy atom. The predicted octanol–water partition coefficient (Wildman–Crippen LogP) is 1.01. The fourth-order valence-electron chi connectivity index (χ4n) is 1.16. The van der Waals surface area contributed by atoms with Gasteiger partial charge in [0, 0.05) is 0 Å². The molecule has 1 aromatic heterocycles. The lowest BCUT2D eigenvalue weighted by Gasteiger charge is -2.20. The lowest BCUT2D eigenvalue weighted by atomic mass is 10.1. The lowest BCUT2D eigenvalue weighted by molar-refractivity contribution is 0.0602. The topological polar surface area (TPSA) is 70.1 Å². The number of carbonyl (C=O) groups is 1. The zero-order chi connectivity index (χ0) is 10.9. The molecule has 0 fully saturated rings. The minimum atomic E-state index is -0.460. The van der Waals surface area contributed by atoms with Gasteiger partial charge in [-0.2, -0.15) is 5.10 Å². The molecule has 1 aromatic rings. The van der Waals surface area contributed by atoms with Crippen LogP contribution in [0.25, 0.3) is 0 Å². The van der Waals surface area contributed by atoms with Gasteiger partial charge in [-0.15, -0.1) is 0 Å². The summed E-state index contributed by atoms with van der Waals surface area (Å²) in [6.07, 6.45) is 1.42. The van der Waals surface area contributed by atoms with Crippen molar-refractivity contribution in [3.05, 3.63) is 11.8 Å². The molecule has 5 heteroatoms. The molecular weight excluding hydrogens is 182 g/mol. The molecule has 0 amide bonds. The quantitative estimate of drug-likeness (QED) is 0.682. The molecule has 0 saturated carbocycles. The van der Waals surface area contributed by atoms with Gasteiger partial charge in [0.2, 0.25) is 0 Å². The van der Waals surface area contributed by atoms with Crippen LogP contribution in [0.15, 0.2) is 6.20 Å². The average molecular weight is 197 g/mol. The van der Waals surface area contributed by atoms with Crippen molar-refractivity contribution in [1.29, 1.82) is 0 Å². The second-order valence-corrected chi connectivity index (χ2v) is 4.02. The SMILES string of the molecule is COC(=O)c1cnn(C(C)(C)C)c1N. The third kappa shape index (κ3) is 1.71. The highest BCUT2D eigenvalue weighted by Gasteiger charge is 2.22. The first-order chi connectivity index (χ1) is 6.38. The summed E-state index contributed by atoms with van der Waals surface area (Å²) in [5.41, 5.74) is 5.83. The summed E-state index contributed by atoms with van der Waals surface area (Å²) in [5.74, 6) is -0.123. The van der Waals surface area contributed by atoms with Crippen LogP contribution < -0.4 is 5.73 Å². The molecule has 78 valence electrons. The molecule has 0 spiro atoms. The van der Waals surface area contributed by atoms with Gasteiger partial charge in [0.15, 0.2) is 0 Å². The van der Waals surface area contributed by atoms with Gasteiger partial charge in [0.25, 0.3) is 0 Å². The van der Waals surface area contributed by atoms with Gasteiger partial charge in [-0.3, -0.25) is 0 Å². The highest BCUT2D eigenvalue weighted by molar-refractivity contribution is 5.93. The van der Waals surface area contributed by atoms with Crippen molar-refractivity contribution in [1.82, 2.24) is 9.78 Å². The number of hydrogen-bond acceptors (Lipinski definition) is 4. The van der Waals surface area contributed by atoms with Crippen LogP contribution in [0.2, 0.25) is 0 Å². The molecule has 0 radical (unpaired) electrons. The van der Waals surface area contributed by atoms with E-state index in [2.05, 4.69) is 9.84 Å². The Morgan fingerprint density at radius 1 is 1.57 bits per heavy atom. The molecular formula is C9H15N3O2. The molecule has 0 aliphatic rings. The van der Waals surface area contributed by atoms with Crippen LogP contribution in [0, 0.1) is 0 Å². The number of nitrogen functional groups attached to an aromatic ring is 1. The molecule has 0 aliphatic carbocycles. The minimum absolute atomic E-state index is 0.240. The van der Waals surface area contributed by atoms with E-state index < -0.39 is 5.97 Å². The summed E-state index contributed by atoms with van der Waals surface area (Å²) >= 11 is 0. The predicted molar refractivity (Wildman–Crippen MR) is 53.0 cm³/mol. The van der Waals surface area contributed by atoms with Crippen LogP contribution in [-0.4, -0.2) is 22.9 Å². The van der Waals surface area contributed by atoms with E-state index in [1.807, 2.05) is 20.8 Å². The number of carbonyl (C=O) groups excluding carboxylic acids is 1. The Morgan fingerprint density at radius 3 is 2.50 bits per heavy atom. The minimum Gasteiger partial charge on any atom is -0.465 e. The van der Waals surface area contributed by atoms with Crippen LogP contribution in [-0.2, 0) is 10.3 Å². The van der Waals surface area contributed by atoms with E-state index in [4.69, 9.17) is 5.73 Å². The Hall–Kier alpha value is -1.52. The largest absolute Gasteiger partial charge is 0.465 e. The highest BCUT2D eigenvalue weighted by atomic mass is 16.5. The van der Waals surface area contributed by atoms with Crippen molar-refractivity contribution in [3.8, 4) is 0 Å². The summed E-state index contributed by atoms with van der Waals surface area (Å²) in [7, 11) is 1.32. The maximum Gasteiger partial charge on any atom is 0.343 e. The van der Waals surface area contributed by atoms with Gasteiger partial charge in [-0.25, -0.2) is 9.48 Å². The van der Waals surface area contributed by atoms with E-state index in [9.17, 15) is 4.79 Å². The first-order valence-electron chi connectivity index (χ1n) is 4.30. The van der Waals surface area contributed by atoms with Crippen molar-refractivity contribution in [3.63, 3.8) is 0 Å². The molecule has 0 unspecified atom stereocenters. The van der Waals surface area contributed by atoms with Crippen LogP contribution in [0.3, 0.4) is 0 Å². The maximum absolute atomic E-state index is 11.2. The van der Waals surface area contributed by atoms with Gasteiger partial charge < -0.3 is 10.5 Å². The first-order valence-corrected chi connectivity index (χ1v) is 4.30. The van der Waals surface area contributed by atoms with Crippen molar-refractivity contribution >= 4 is 11.8 Å². The van der Waals surface area contributed by atoms with Crippen LogP contribution in [0.5, 0.6) is 0 Å².